The van der Waals surface area contributed by atoms with Crippen molar-refractivity contribution in [2.45, 2.75) is 61.3 Å². The zero-order chi connectivity index (χ0) is 34.9. The smallest absolute Gasteiger partial charge is 0.248 e. The highest BCUT2D eigenvalue weighted by molar-refractivity contribution is 8.01. The summed E-state index contributed by atoms with van der Waals surface area (Å²) in [5.41, 5.74) is 5.94. The van der Waals surface area contributed by atoms with Gasteiger partial charge in [-0.05, 0) is 99.5 Å². The van der Waals surface area contributed by atoms with Crippen molar-refractivity contribution in [3.63, 3.8) is 0 Å². The standard InChI is InChI=1S/C26H27O3P.C16H14OS/c1-16-12-18(3)23(19(4)13-16)25(27)30(29,22-10-8-7-9-11-22)26(28)24-20(5)14-17(2)15-21(24)6;1-10(2)11-7-8-15-13(9-11)16(17)12-5-3-4-6-14(12)18-15/h7-15H,1-6H3;3-10H,1-2H3. The summed E-state index contributed by atoms with van der Waals surface area (Å²) in [6.45, 7) is 15.5. The van der Waals surface area contributed by atoms with Gasteiger partial charge in [0.15, 0.2) is 5.43 Å². The van der Waals surface area contributed by atoms with Gasteiger partial charge in [0.25, 0.3) is 0 Å². The average molecular weight is 673 g/mol. The van der Waals surface area contributed by atoms with Crippen LogP contribution in [0.3, 0.4) is 0 Å². The van der Waals surface area contributed by atoms with E-state index in [1.807, 2.05) is 96.1 Å². The second-order valence-electron chi connectivity index (χ2n) is 12.9. The summed E-state index contributed by atoms with van der Waals surface area (Å²) in [6, 6.07) is 30.1. The van der Waals surface area contributed by atoms with Gasteiger partial charge in [-0.3, -0.25) is 14.4 Å². The van der Waals surface area contributed by atoms with E-state index in [2.05, 4.69) is 26.0 Å². The Morgan fingerprint density at radius 3 is 1.54 bits per heavy atom. The summed E-state index contributed by atoms with van der Waals surface area (Å²) >= 11 is 1.69. The quantitative estimate of drug-likeness (QED) is 0.130. The Morgan fingerprint density at radius 2 is 1.04 bits per heavy atom. The van der Waals surface area contributed by atoms with Crippen LogP contribution in [0.2, 0.25) is 0 Å². The fourth-order valence-electron chi connectivity index (χ4n) is 6.49. The van der Waals surface area contributed by atoms with Crippen LogP contribution in [0.25, 0.3) is 20.2 Å². The van der Waals surface area contributed by atoms with Crippen molar-refractivity contribution in [2.24, 2.45) is 0 Å². The molecule has 6 rings (SSSR count). The Kier molecular flexibility index (Phi) is 10.1. The Balaban J connectivity index is 0.000000212. The van der Waals surface area contributed by atoms with Gasteiger partial charge in [0, 0.05) is 36.6 Å². The Bertz CT molecular complexity index is 2200. The summed E-state index contributed by atoms with van der Waals surface area (Å²) in [7, 11) is -4.11. The molecule has 0 aliphatic heterocycles. The van der Waals surface area contributed by atoms with E-state index >= 15 is 0 Å². The predicted molar refractivity (Wildman–Crippen MR) is 203 cm³/mol. The molecule has 0 atom stereocenters. The second-order valence-corrected chi connectivity index (χ2v) is 16.6. The second kappa shape index (κ2) is 14.0. The van der Waals surface area contributed by atoms with Crippen molar-refractivity contribution in [2.75, 3.05) is 0 Å². The zero-order valence-corrected chi connectivity index (χ0v) is 30.5. The number of hydrogen-bond acceptors (Lipinski definition) is 5. The minimum Gasteiger partial charge on any atom is -0.302 e. The molecule has 0 saturated carbocycles. The topological polar surface area (TPSA) is 68.3 Å². The largest absolute Gasteiger partial charge is 0.302 e. The Hall–Kier alpha value is -4.44. The molecule has 0 radical (unpaired) electrons. The molecule has 4 nitrogen and oxygen atoms in total. The third-order valence-corrected chi connectivity index (χ3v) is 12.5. The van der Waals surface area contributed by atoms with E-state index in [0.717, 1.165) is 53.6 Å². The minimum atomic E-state index is -4.11. The van der Waals surface area contributed by atoms with Gasteiger partial charge in [-0.1, -0.05) is 97.8 Å². The molecule has 1 heterocycles. The first-order valence-electron chi connectivity index (χ1n) is 16.1. The molecule has 6 heteroatoms. The fraction of sp³-hybridized carbons (Fsp3) is 0.214. The van der Waals surface area contributed by atoms with Crippen molar-refractivity contribution in [3.05, 3.63) is 157 Å². The lowest BCUT2D eigenvalue weighted by molar-refractivity contribution is 0.104. The maximum atomic E-state index is 14.5. The molecule has 0 aliphatic carbocycles. The summed E-state index contributed by atoms with van der Waals surface area (Å²) in [5.74, 6) is 0.449. The Morgan fingerprint density at radius 1 is 0.583 bits per heavy atom. The molecular weight excluding hydrogens is 631 g/mol. The molecule has 244 valence electrons. The van der Waals surface area contributed by atoms with Crippen LogP contribution >= 0.6 is 18.5 Å². The number of benzene rings is 5. The van der Waals surface area contributed by atoms with Crippen LogP contribution in [0.5, 0.6) is 0 Å². The van der Waals surface area contributed by atoms with Crippen molar-refractivity contribution in [1.82, 2.24) is 0 Å². The van der Waals surface area contributed by atoms with E-state index in [9.17, 15) is 18.9 Å². The number of carbonyl (C=O) groups excluding carboxylic acids is 2. The Labute approximate surface area is 286 Å². The van der Waals surface area contributed by atoms with E-state index in [0.29, 0.717) is 17.0 Å². The molecule has 0 N–H and O–H groups in total. The molecule has 0 aliphatic rings. The van der Waals surface area contributed by atoms with Crippen molar-refractivity contribution < 1.29 is 14.2 Å². The molecule has 0 bridgehead atoms. The van der Waals surface area contributed by atoms with Crippen LogP contribution in [-0.4, -0.2) is 11.0 Å². The van der Waals surface area contributed by atoms with E-state index < -0.39 is 18.2 Å². The van der Waals surface area contributed by atoms with E-state index in [-0.39, 0.29) is 10.7 Å². The molecule has 0 spiro atoms. The zero-order valence-electron chi connectivity index (χ0n) is 28.8. The van der Waals surface area contributed by atoms with Gasteiger partial charge in [0.2, 0.25) is 18.2 Å². The molecule has 5 aromatic carbocycles. The van der Waals surface area contributed by atoms with Gasteiger partial charge in [0.1, 0.15) is 0 Å². The van der Waals surface area contributed by atoms with Gasteiger partial charge in [-0.25, -0.2) is 0 Å². The molecular formula is C42H41O4PS. The highest BCUT2D eigenvalue weighted by Gasteiger charge is 2.44. The molecule has 0 saturated heterocycles. The first kappa shape index (κ1) is 34.9. The lowest BCUT2D eigenvalue weighted by atomic mass is 10.0. The van der Waals surface area contributed by atoms with E-state index in [1.165, 1.54) is 5.56 Å². The number of hydrogen-bond donors (Lipinski definition) is 0. The lowest BCUT2D eigenvalue weighted by Gasteiger charge is -2.21. The highest BCUT2D eigenvalue weighted by atomic mass is 32.1. The monoisotopic (exact) mass is 672 g/mol. The summed E-state index contributed by atoms with van der Waals surface area (Å²) in [4.78, 5) is 40.2. The van der Waals surface area contributed by atoms with Crippen molar-refractivity contribution >= 4 is 55.0 Å². The molecule has 6 aromatic rings. The van der Waals surface area contributed by atoms with Crippen molar-refractivity contribution in [3.8, 4) is 0 Å². The SMILES string of the molecule is CC(C)c1ccc2sc3ccccc3c(=O)c2c1.Cc1cc(C)c(C(=O)P(=O)(C(=O)c2c(C)cc(C)cc2C)c2ccccc2)c(C)c1. The molecule has 0 fully saturated rings. The van der Waals surface area contributed by atoms with Gasteiger partial charge in [0.05, 0.1) is 0 Å². The molecule has 0 unspecified atom stereocenters. The molecule has 0 amide bonds. The van der Waals surface area contributed by atoms with Crippen LogP contribution in [0.4, 0.5) is 0 Å². The average Bonchev–Trinajstić information content (AvgIpc) is 3.04. The van der Waals surface area contributed by atoms with Crippen LogP contribution in [-0.2, 0) is 4.57 Å². The van der Waals surface area contributed by atoms with E-state index in [4.69, 9.17) is 0 Å². The minimum absolute atomic E-state index is 0.154. The molecule has 48 heavy (non-hydrogen) atoms. The molecule has 1 aromatic heterocycles. The van der Waals surface area contributed by atoms with Gasteiger partial charge < -0.3 is 4.57 Å². The van der Waals surface area contributed by atoms with Crippen molar-refractivity contribution in [1.29, 1.82) is 0 Å². The van der Waals surface area contributed by atoms with E-state index in [1.54, 1.807) is 41.7 Å². The van der Waals surface area contributed by atoms with Crippen LogP contribution in [0, 0.1) is 41.5 Å². The third kappa shape index (κ3) is 6.63. The maximum Gasteiger partial charge on any atom is 0.248 e. The van der Waals surface area contributed by atoms with Gasteiger partial charge in [-0.2, -0.15) is 0 Å². The summed E-state index contributed by atoms with van der Waals surface area (Å²) < 4.78 is 16.6. The lowest BCUT2D eigenvalue weighted by Crippen LogP contribution is -2.23. The maximum absolute atomic E-state index is 14.5. The highest BCUT2D eigenvalue weighted by Crippen LogP contribution is 2.52. The van der Waals surface area contributed by atoms with Gasteiger partial charge >= 0.3 is 0 Å². The number of carbonyl (C=O) groups is 2. The normalized spacial score (nSPS) is 11.4. The third-order valence-electron chi connectivity index (χ3n) is 8.74. The van der Waals surface area contributed by atoms with Crippen LogP contribution < -0.4 is 10.7 Å². The predicted octanol–water partition coefficient (Wildman–Crippen LogP) is 10.7. The number of rotatable bonds is 6. The first-order chi connectivity index (χ1) is 22.7. The summed E-state index contributed by atoms with van der Waals surface area (Å²) in [6.07, 6.45) is 0. The van der Waals surface area contributed by atoms with Crippen LogP contribution in [0.15, 0.2) is 102 Å². The summed E-state index contributed by atoms with van der Waals surface area (Å²) in [5, 5.41) is 1.96. The first-order valence-corrected chi connectivity index (χ1v) is 18.6. The fourth-order valence-corrected chi connectivity index (χ4v) is 10.1. The number of fused-ring (bicyclic) bond motifs is 2. The number of aryl methyl sites for hydroxylation is 6. The van der Waals surface area contributed by atoms with Crippen LogP contribution in [0.1, 0.15) is 79.4 Å². The van der Waals surface area contributed by atoms with Gasteiger partial charge in [-0.15, -0.1) is 11.3 Å².